The van der Waals surface area contributed by atoms with E-state index in [1.165, 1.54) is 12.3 Å². The van der Waals surface area contributed by atoms with Crippen LogP contribution in [0.25, 0.3) is 0 Å². The van der Waals surface area contributed by atoms with Gasteiger partial charge in [0.2, 0.25) is 0 Å². The van der Waals surface area contributed by atoms with E-state index in [4.69, 9.17) is 5.73 Å². The Balaban J connectivity index is 2.02. The molecular formula is C13H13BrN4O2. The standard InChI is InChI=1S/C13H13BrN4O2/c14-11-6-10(18(19)20)7-16-13(11)17-8-12(15)9-4-2-1-3-5-9/h1-7,12H,8,15H2,(H,16,17). The van der Waals surface area contributed by atoms with E-state index in [2.05, 4.69) is 26.2 Å². The molecule has 1 aromatic carbocycles. The summed E-state index contributed by atoms with van der Waals surface area (Å²) in [5.74, 6) is 0.530. The zero-order chi connectivity index (χ0) is 14.5. The van der Waals surface area contributed by atoms with Crippen molar-refractivity contribution in [2.24, 2.45) is 5.73 Å². The molecule has 1 heterocycles. The molecule has 0 radical (unpaired) electrons. The molecule has 0 aliphatic heterocycles. The zero-order valence-electron chi connectivity index (χ0n) is 10.5. The quantitative estimate of drug-likeness (QED) is 0.646. The molecule has 0 spiro atoms. The third kappa shape index (κ3) is 3.52. The van der Waals surface area contributed by atoms with E-state index in [0.29, 0.717) is 16.8 Å². The fraction of sp³-hybridized carbons (Fsp3) is 0.154. The Kier molecular flexibility index (Phi) is 4.65. The van der Waals surface area contributed by atoms with Crippen molar-refractivity contribution in [2.75, 3.05) is 11.9 Å². The van der Waals surface area contributed by atoms with Crippen LogP contribution in [0.15, 0.2) is 47.1 Å². The Morgan fingerprint density at radius 3 is 2.70 bits per heavy atom. The molecule has 0 bridgehead atoms. The third-order valence-electron chi connectivity index (χ3n) is 2.75. The van der Waals surface area contributed by atoms with Crippen molar-refractivity contribution in [1.29, 1.82) is 0 Å². The minimum Gasteiger partial charge on any atom is -0.367 e. The lowest BCUT2D eigenvalue weighted by atomic mass is 10.1. The highest BCUT2D eigenvalue weighted by molar-refractivity contribution is 9.10. The van der Waals surface area contributed by atoms with Crippen LogP contribution in [0.3, 0.4) is 0 Å². The lowest BCUT2D eigenvalue weighted by Crippen LogP contribution is -2.21. The van der Waals surface area contributed by atoms with Crippen LogP contribution in [-0.4, -0.2) is 16.5 Å². The number of anilines is 1. The highest BCUT2D eigenvalue weighted by Gasteiger charge is 2.11. The SMILES string of the molecule is NC(CNc1ncc([N+](=O)[O-])cc1Br)c1ccccc1. The Hall–Kier alpha value is -1.99. The molecule has 1 atom stereocenters. The number of nitrogens with one attached hydrogen (secondary N) is 1. The molecule has 2 rings (SSSR count). The average molecular weight is 337 g/mol. The van der Waals surface area contributed by atoms with Crippen molar-refractivity contribution < 1.29 is 4.92 Å². The normalized spacial score (nSPS) is 11.9. The predicted molar refractivity (Wildman–Crippen MR) is 80.5 cm³/mol. The molecule has 0 amide bonds. The lowest BCUT2D eigenvalue weighted by molar-refractivity contribution is -0.385. The molecule has 3 N–H and O–H groups in total. The lowest BCUT2D eigenvalue weighted by Gasteiger charge is -2.14. The van der Waals surface area contributed by atoms with Gasteiger partial charge in [-0.25, -0.2) is 4.98 Å². The number of aromatic nitrogens is 1. The minimum absolute atomic E-state index is 0.0604. The summed E-state index contributed by atoms with van der Waals surface area (Å²) in [7, 11) is 0. The second kappa shape index (κ2) is 6.44. The largest absolute Gasteiger partial charge is 0.367 e. The van der Waals surface area contributed by atoms with Crippen LogP contribution in [0.5, 0.6) is 0 Å². The van der Waals surface area contributed by atoms with E-state index in [1.807, 2.05) is 30.3 Å². The summed E-state index contributed by atoms with van der Waals surface area (Å²) < 4.78 is 0.534. The molecular weight excluding hydrogens is 324 g/mol. The zero-order valence-corrected chi connectivity index (χ0v) is 12.1. The van der Waals surface area contributed by atoms with Crippen LogP contribution in [0.1, 0.15) is 11.6 Å². The second-order valence-corrected chi connectivity index (χ2v) is 5.03. The summed E-state index contributed by atoms with van der Waals surface area (Å²) in [6.07, 6.45) is 1.21. The molecule has 20 heavy (non-hydrogen) atoms. The maximum atomic E-state index is 10.6. The first-order valence-electron chi connectivity index (χ1n) is 5.92. The van der Waals surface area contributed by atoms with Crippen LogP contribution in [0.2, 0.25) is 0 Å². The van der Waals surface area contributed by atoms with E-state index in [9.17, 15) is 10.1 Å². The highest BCUT2D eigenvalue weighted by Crippen LogP contribution is 2.24. The first-order chi connectivity index (χ1) is 9.58. The summed E-state index contributed by atoms with van der Waals surface area (Å²) in [6, 6.07) is 10.9. The fourth-order valence-corrected chi connectivity index (χ4v) is 2.16. The summed E-state index contributed by atoms with van der Waals surface area (Å²) in [5, 5.41) is 13.7. The Bertz CT molecular complexity index is 607. The van der Waals surface area contributed by atoms with Gasteiger partial charge in [-0.3, -0.25) is 10.1 Å². The molecule has 1 unspecified atom stereocenters. The molecule has 0 fully saturated rings. The van der Waals surface area contributed by atoms with Gasteiger partial charge in [0.15, 0.2) is 0 Å². The molecule has 6 nitrogen and oxygen atoms in total. The Morgan fingerprint density at radius 1 is 1.40 bits per heavy atom. The second-order valence-electron chi connectivity index (χ2n) is 4.18. The first-order valence-corrected chi connectivity index (χ1v) is 6.71. The Labute approximate surface area is 124 Å². The Morgan fingerprint density at radius 2 is 2.10 bits per heavy atom. The summed E-state index contributed by atoms with van der Waals surface area (Å²) in [4.78, 5) is 14.1. The topological polar surface area (TPSA) is 94.1 Å². The van der Waals surface area contributed by atoms with Gasteiger partial charge in [0.05, 0.1) is 9.40 Å². The van der Waals surface area contributed by atoms with Crippen LogP contribution < -0.4 is 11.1 Å². The number of nitrogens with zero attached hydrogens (tertiary/aromatic N) is 2. The van der Waals surface area contributed by atoms with Crippen LogP contribution in [0.4, 0.5) is 11.5 Å². The van der Waals surface area contributed by atoms with Crippen molar-refractivity contribution in [1.82, 2.24) is 4.98 Å². The molecule has 0 aliphatic carbocycles. The van der Waals surface area contributed by atoms with Crippen LogP contribution >= 0.6 is 15.9 Å². The number of rotatable bonds is 5. The molecule has 1 aromatic heterocycles. The van der Waals surface area contributed by atoms with E-state index in [1.54, 1.807) is 0 Å². The monoisotopic (exact) mass is 336 g/mol. The van der Waals surface area contributed by atoms with Gasteiger partial charge in [-0.2, -0.15) is 0 Å². The van der Waals surface area contributed by atoms with Gasteiger partial charge in [0, 0.05) is 18.7 Å². The molecule has 0 aliphatic rings. The number of pyridine rings is 1. The number of halogens is 1. The highest BCUT2D eigenvalue weighted by atomic mass is 79.9. The van der Waals surface area contributed by atoms with Gasteiger partial charge in [-0.1, -0.05) is 30.3 Å². The maximum Gasteiger partial charge on any atom is 0.288 e. The first kappa shape index (κ1) is 14.4. The van der Waals surface area contributed by atoms with Crippen molar-refractivity contribution >= 4 is 27.4 Å². The van der Waals surface area contributed by atoms with Crippen molar-refractivity contribution in [3.63, 3.8) is 0 Å². The summed E-state index contributed by atoms with van der Waals surface area (Å²) in [6.45, 7) is 0.480. The van der Waals surface area contributed by atoms with Gasteiger partial charge < -0.3 is 11.1 Å². The number of hydrogen-bond donors (Lipinski definition) is 2. The number of nitrogens with two attached hydrogens (primary N) is 1. The summed E-state index contributed by atoms with van der Waals surface area (Å²) >= 11 is 3.25. The molecule has 2 aromatic rings. The van der Waals surface area contributed by atoms with Crippen molar-refractivity contribution in [3.8, 4) is 0 Å². The van der Waals surface area contributed by atoms with Gasteiger partial charge in [-0.05, 0) is 21.5 Å². The number of nitro groups is 1. The van der Waals surface area contributed by atoms with Crippen LogP contribution in [0, 0.1) is 10.1 Å². The van der Waals surface area contributed by atoms with E-state index in [-0.39, 0.29) is 11.7 Å². The molecule has 0 saturated carbocycles. The maximum absolute atomic E-state index is 10.6. The third-order valence-corrected chi connectivity index (χ3v) is 3.36. The minimum atomic E-state index is -0.489. The van der Waals surface area contributed by atoms with Gasteiger partial charge in [0.1, 0.15) is 12.0 Å². The van der Waals surface area contributed by atoms with Crippen molar-refractivity contribution in [3.05, 3.63) is 62.7 Å². The van der Waals surface area contributed by atoms with E-state index >= 15 is 0 Å². The number of benzene rings is 1. The van der Waals surface area contributed by atoms with E-state index < -0.39 is 4.92 Å². The molecule has 104 valence electrons. The fourth-order valence-electron chi connectivity index (χ4n) is 1.68. The van der Waals surface area contributed by atoms with Crippen molar-refractivity contribution in [2.45, 2.75) is 6.04 Å². The smallest absolute Gasteiger partial charge is 0.288 e. The predicted octanol–water partition coefficient (Wildman–Crippen LogP) is 2.86. The molecule has 7 heteroatoms. The number of hydrogen-bond acceptors (Lipinski definition) is 5. The van der Waals surface area contributed by atoms with Gasteiger partial charge in [0.25, 0.3) is 5.69 Å². The van der Waals surface area contributed by atoms with Gasteiger partial charge >= 0.3 is 0 Å². The van der Waals surface area contributed by atoms with Crippen LogP contribution in [-0.2, 0) is 0 Å². The van der Waals surface area contributed by atoms with Gasteiger partial charge in [-0.15, -0.1) is 0 Å². The summed E-state index contributed by atoms with van der Waals surface area (Å²) in [5.41, 5.74) is 7.01. The van der Waals surface area contributed by atoms with E-state index in [0.717, 1.165) is 5.56 Å². The average Bonchev–Trinajstić information content (AvgIpc) is 2.46. The molecule has 0 saturated heterocycles.